The number of fused-ring (bicyclic) bond motifs is 1. The molecule has 0 aliphatic carbocycles. The van der Waals surface area contributed by atoms with Gasteiger partial charge in [-0.2, -0.15) is 0 Å². The Kier molecular flexibility index (Phi) is 5.14. The average Bonchev–Trinajstić information content (AvgIpc) is 3.35. The van der Waals surface area contributed by atoms with Crippen LogP contribution in [0.3, 0.4) is 0 Å². The Hall–Kier alpha value is -3.81. The molecule has 8 heteroatoms. The van der Waals surface area contributed by atoms with Crippen molar-refractivity contribution < 1.29 is 23.9 Å². The van der Waals surface area contributed by atoms with Gasteiger partial charge in [-0.1, -0.05) is 18.2 Å². The van der Waals surface area contributed by atoms with Gasteiger partial charge in [0.05, 0.1) is 25.8 Å². The molecule has 0 unspecified atom stereocenters. The summed E-state index contributed by atoms with van der Waals surface area (Å²) in [7, 11) is 3.06. The molecular weight excluding hydrogens is 386 g/mol. The fourth-order valence-electron chi connectivity index (χ4n) is 3.68. The van der Waals surface area contributed by atoms with E-state index in [1.54, 1.807) is 29.2 Å². The lowest BCUT2D eigenvalue weighted by atomic mass is 10.1. The van der Waals surface area contributed by atoms with Crippen molar-refractivity contribution in [2.75, 3.05) is 25.7 Å². The van der Waals surface area contributed by atoms with Crippen LogP contribution in [-0.2, 0) is 9.59 Å². The van der Waals surface area contributed by atoms with Crippen molar-refractivity contribution in [2.45, 2.75) is 12.5 Å². The van der Waals surface area contributed by atoms with Crippen LogP contribution in [0, 0.1) is 0 Å². The van der Waals surface area contributed by atoms with E-state index in [9.17, 15) is 14.4 Å². The quantitative estimate of drug-likeness (QED) is 0.482. The van der Waals surface area contributed by atoms with Crippen molar-refractivity contribution in [3.8, 4) is 11.5 Å². The Balaban J connectivity index is 1.47. The van der Waals surface area contributed by atoms with E-state index in [0.29, 0.717) is 28.1 Å². The van der Waals surface area contributed by atoms with E-state index in [0.717, 1.165) is 5.52 Å². The Morgan fingerprint density at radius 1 is 1.10 bits per heavy atom. The summed E-state index contributed by atoms with van der Waals surface area (Å²) in [5.74, 6) is -0.449. The zero-order chi connectivity index (χ0) is 21.3. The zero-order valence-electron chi connectivity index (χ0n) is 16.6. The second-order valence-corrected chi connectivity index (χ2v) is 7.00. The molecule has 2 aromatic carbocycles. The van der Waals surface area contributed by atoms with Crippen LogP contribution in [0.15, 0.2) is 48.7 Å². The number of rotatable bonds is 6. The van der Waals surface area contributed by atoms with Gasteiger partial charge < -0.3 is 24.7 Å². The van der Waals surface area contributed by atoms with Gasteiger partial charge in [-0.25, -0.2) is 0 Å². The normalized spacial score (nSPS) is 16.0. The summed E-state index contributed by atoms with van der Waals surface area (Å²) in [5, 5.41) is 3.38. The minimum Gasteiger partial charge on any atom is -0.493 e. The number of nitrogens with one attached hydrogen (secondary N) is 2. The highest BCUT2D eigenvalue weighted by Gasteiger charge is 2.33. The third-order valence-electron chi connectivity index (χ3n) is 5.18. The molecule has 0 saturated carbocycles. The van der Waals surface area contributed by atoms with Crippen LogP contribution in [0.5, 0.6) is 11.5 Å². The SMILES string of the molecule is COc1ccc(N2C[C@H](NC(=O)C(=O)c3c[nH]c4ccccc34)CC2=O)cc1OC. The molecule has 30 heavy (non-hydrogen) atoms. The summed E-state index contributed by atoms with van der Waals surface area (Å²) < 4.78 is 10.5. The third kappa shape index (κ3) is 3.47. The molecule has 0 radical (unpaired) electrons. The number of aromatic amines is 1. The molecule has 4 rings (SSSR count). The molecule has 0 bridgehead atoms. The highest BCUT2D eigenvalue weighted by molar-refractivity contribution is 6.45. The zero-order valence-corrected chi connectivity index (χ0v) is 16.6. The van der Waals surface area contributed by atoms with E-state index in [-0.39, 0.29) is 18.9 Å². The van der Waals surface area contributed by atoms with Gasteiger partial charge in [0.25, 0.3) is 11.7 Å². The number of benzene rings is 2. The number of para-hydroxylation sites is 1. The first-order chi connectivity index (χ1) is 14.5. The van der Waals surface area contributed by atoms with E-state index in [4.69, 9.17) is 9.47 Å². The molecule has 1 aromatic heterocycles. The van der Waals surface area contributed by atoms with Gasteiger partial charge in [0.2, 0.25) is 5.91 Å². The number of Topliss-reactive ketones (excluding diaryl/α,β-unsaturated/α-hetero) is 1. The first kappa shape index (κ1) is 19.5. The standard InChI is InChI=1S/C22H21N3O5/c1-29-18-8-7-14(10-19(18)30-2)25-12-13(9-20(25)26)24-22(28)21(27)16-11-23-17-6-4-3-5-15(16)17/h3-8,10-11,13,23H,9,12H2,1-2H3,(H,24,28)/t13-/m1/s1. The minimum atomic E-state index is -0.730. The molecule has 154 valence electrons. The number of aromatic nitrogens is 1. The number of amides is 2. The molecule has 8 nitrogen and oxygen atoms in total. The summed E-state index contributed by atoms with van der Waals surface area (Å²) in [5.41, 5.74) is 1.73. The average molecular weight is 407 g/mol. The van der Waals surface area contributed by atoms with Gasteiger partial charge in [-0.3, -0.25) is 14.4 Å². The summed E-state index contributed by atoms with van der Waals surface area (Å²) >= 11 is 0. The lowest BCUT2D eigenvalue weighted by molar-refractivity contribution is -0.118. The lowest BCUT2D eigenvalue weighted by Gasteiger charge is -2.19. The minimum absolute atomic E-state index is 0.112. The van der Waals surface area contributed by atoms with Crippen LogP contribution in [0.2, 0.25) is 0 Å². The number of anilines is 1. The van der Waals surface area contributed by atoms with Gasteiger partial charge in [0.1, 0.15) is 0 Å². The van der Waals surface area contributed by atoms with Crippen LogP contribution >= 0.6 is 0 Å². The summed E-state index contributed by atoms with van der Waals surface area (Å²) in [6.45, 7) is 0.265. The fourth-order valence-corrected chi connectivity index (χ4v) is 3.68. The molecule has 1 fully saturated rings. The monoisotopic (exact) mass is 407 g/mol. The Bertz CT molecular complexity index is 1140. The van der Waals surface area contributed by atoms with Crippen molar-refractivity contribution >= 4 is 34.2 Å². The predicted molar refractivity (Wildman–Crippen MR) is 111 cm³/mol. The van der Waals surface area contributed by atoms with Gasteiger partial charge >= 0.3 is 0 Å². The van der Waals surface area contributed by atoms with E-state index >= 15 is 0 Å². The molecular formula is C22H21N3O5. The molecule has 3 aromatic rings. The third-order valence-corrected chi connectivity index (χ3v) is 5.18. The second kappa shape index (κ2) is 7.90. The highest BCUT2D eigenvalue weighted by atomic mass is 16.5. The van der Waals surface area contributed by atoms with E-state index in [1.165, 1.54) is 20.4 Å². The summed E-state index contributed by atoms with van der Waals surface area (Å²) in [4.78, 5) is 42.2. The van der Waals surface area contributed by atoms with Crippen LogP contribution in [-0.4, -0.2) is 49.4 Å². The molecule has 2 heterocycles. The molecule has 1 atom stereocenters. The maximum Gasteiger partial charge on any atom is 0.292 e. The van der Waals surface area contributed by atoms with Gasteiger partial charge in [0.15, 0.2) is 11.5 Å². The number of ketones is 1. The van der Waals surface area contributed by atoms with Crippen LogP contribution in [0.1, 0.15) is 16.8 Å². The Morgan fingerprint density at radius 2 is 1.87 bits per heavy atom. The molecule has 1 aliphatic rings. The fraction of sp³-hybridized carbons (Fsp3) is 0.227. The number of nitrogens with zero attached hydrogens (tertiary/aromatic N) is 1. The predicted octanol–water partition coefficient (Wildman–Crippen LogP) is 2.29. The molecule has 2 amide bonds. The van der Waals surface area contributed by atoms with E-state index in [2.05, 4.69) is 10.3 Å². The smallest absolute Gasteiger partial charge is 0.292 e. The van der Waals surface area contributed by atoms with Crippen molar-refractivity contribution in [1.82, 2.24) is 10.3 Å². The lowest BCUT2D eigenvalue weighted by Crippen LogP contribution is -2.40. The maximum atomic E-state index is 12.6. The summed E-state index contributed by atoms with van der Waals surface area (Å²) in [6, 6.07) is 12.0. The van der Waals surface area contributed by atoms with Gasteiger partial charge in [-0.05, 0) is 18.2 Å². The Morgan fingerprint density at radius 3 is 2.63 bits per heavy atom. The van der Waals surface area contributed by atoms with Crippen LogP contribution < -0.4 is 19.7 Å². The number of ether oxygens (including phenoxy) is 2. The number of hydrogen-bond donors (Lipinski definition) is 2. The Labute approximate surface area is 172 Å². The summed E-state index contributed by atoms with van der Waals surface area (Å²) in [6.07, 6.45) is 1.64. The first-order valence-electron chi connectivity index (χ1n) is 9.45. The van der Waals surface area contributed by atoms with Crippen LogP contribution in [0.25, 0.3) is 10.9 Å². The topological polar surface area (TPSA) is 101 Å². The number of carbonyl (C=O) groups is 3. The number of hydrogen-bond acceptors (Lipinski definition) is 5. The highest BCUT2D eigenvalue weighted by Crippen LogP contribution is 2.33. The van der Waals surface area contributed by atoms with E-state index in [1.807, 2.05) is 18.2 Å². The molecule has 0 spiro atoms. The van der Waals surface area contributed by atoms with Crippen molar-refractivity contribution in [1.29, 1.82) is 0 Å². The van der Waals surface area contributed by atoms with Crippen molar-refractivity contribution in [3.63, 3.8) is 0 Å². The van der Waals surface area contributed by atoms with Gasteiger partial charge in [0, 0.05) is 41.8 Å². The van der Waals surface area contributed by atoms with Crippen LogP contribution in [0.4, 0.5) is 5.69 Å². The molecule has 2 N–H and O–H groups in total. The maximum absolute atomic E-state index is 12.6. The van der Waals surface area contributed by atoms with Crippen molar-refractivity contribution in [2.24, 2.45) is 0 Å². The second-order valence-electron chi connectivity index (χ2n) is 7.00. The number of H-pyrrole nitrogens is 1. The van der Waals surface area contributed by atoms with Crippen molar-refractivity contribution in [3.05, 3.63) is 54.2 Å². The largest absolute Gasteiger partial charge is 0.493 e. The van der Waals surface area contributed by atoms with E-state index < -0.39 is 17.7 Å². The van der Waals surface area contributed by atoms with Gasteiger partial charge in [-0.15, -0.1) is 0 Å². The molecule has 1 aliphatic heterocycles. The first-order valence-corrected chi connectivity index (χ1v) is 9.45. The number of carbonyl (C=O) groups excluding carboxylic acids is 3. The molecule has 1 saturated heterocycles. The number of methoxy groups -OCH3 is 2.